The first-order valence-corrected chi connectivity index (χ1v) is 10.8. The van der Waals surface area contributed by atoms with Gasteiger partial charge in [-0.3, -0.25) is 0 Å². The van der Waals surface area contributed by atoms with Crippen molar-refractivity contribution in [1.29, 1.82) is 0 Å². The van der Waals surface area contributed by atoms with Crippen LogP contribution >= 0.6 is 0 Å². The highest BCUT2D eigenvalue weighted by Crippen LogP contribution is 2.28. The van der Waals surface area contributed by atoms with Crippen molar-refractivity contribution in [3.05, 3.63) is 36.1 Å². The van der Waals surface area contributed by atoms with E-state index in [4.69, 9.17) is 4.43 Å². The van der Waals surface area contributed by atoms with Crippen LogP contribution in [0.1, 0.15) is 46.0 Å². The van der Waals surface area contributed by atoms with Gasteiger partial charge in [0.15, 0.2) is 0 Å². The minimum absolute atomic E-state index is 0.554. The SMILES string of the molecule is C=CCCCCCC[Si](C)(C)OC1=CC(C)C(C)=C1. The van der Waals surface area contributed by atoms with Gasteiger partial charge in [-0.25, -0.2) is 0 Å². The molecular weight excluding hydrogens is 248 g/mol. The van der Waals surface area contributed by atoms with E-state index in [0.717, 1.165) is 12.2 Å². The van der Waals surface area contributed by atoms with Crippen LogP contribution in [0.15, 0.2) is 36.1 Å². The summed E-state index contributed by atoms with van der Waals surface area (Å²) >= 11 is 0. The summed E-state index contributed by atoms with van der Waals surface area (Å²) in [6.07, 6.45) is 12.9. The predicted molar refractivity (Wildman–Crippen MR) is 87.7 cm³/mol. The first-order valence-electron chi connectivity index (χ1n) is 7.64. The van der Waals surface area contributed by atoms with Crippen molar-refractivity contribution in [2.45, 2.75) is 65.1 Å². The van der Waals surface area contributed by atoms with Gasteiger partial charge in [-0.1, -0.05) is 37.8 Å². The fourth-order valence-corrected chi connectivity index (χ4v) is 4.38. The maximum Gasteiger partial charge on any atom is 0.245 e. The maximum absolute atomic E-state index is 6.27. The second-order valence-electron chi connectivity index (χ2n) is 6.35. The number of hydrogen-bond acceptors (Lipinski definition) is 1. The Morgan fingerprint density at radius 2 is 1.95 bits per heavy atom. The Labute approximate surface area is 120 Å². The molecule has 0 saturated heterocycles. The molecule has 0 aromatic rings. The van der Waals surface area contributed by atoms with Crippen molar-refractivity contribution in [3.63, 3.8) is 0 Å². The minimum Gasteiger partial charge on any atom is -0.544 e. The molecule has 0 aromatic carbocycles. The highest BCUT2D eigenvalue weighted by Gasteiger charge is 2.25. The summed E-state index contributed by atoms with van der Waals surface area (Å²) in [5.74, 6) is 1.67. The Hall–Kier alpha value is -0.763. The highest BCUT2D eigenvalue weighted by atomic mass is 28.4. The summed E-state index contributed by atoms with van der Waals surface area (Å²) in [6, 6.07) is 1.26. The summed E-state index contributed by atoms with van der Waals surface area (Å²) in [4.78, 5) is 0. The Morgan fingerprint density at radius 1 is 1.26 bits per heavy atom. The third-order valence-electron chi connectivity index (χ3n) is 3.83. The van der Waals surface area contributed by atoms with Crippen molar-refractivity contribution < 1.29 is 4.43 Å². The first-order chi connectivity index (χ1) is 8.94. The van der Waals surface area contributed by atoms with Crippen LogP contribution in [0.2, 0.25) is 19.1 Å². The van der Waals surface area contributed by atoms with Crippen LogP contribution in [-0.2, 0) is 4.43 Å². The van der Waals surface area contributed by atoms with Gasteiger partial charge < -0.3 is 4.43 Å². The van der Waals surface area contributed by atoms with Crippen molar-refractivity contribution >= 4 is 8.32 Å². The molecule has 0 radical (unpaired) electrons. The molecule has 1 unspecified atom stereocenters. The minimum atomic E-state index is -1.53. The molecule has 1 atom stereocenters. The third-order valence-corrected chi connectivity index (χ3v) is 6.18. The standard InChI is InChI=1S/C17H30OSi/c1-6-7-8-9-10-11-12-19(4,5)18-17-13-15(2)16(3)14-17/h6,13-15H,1,7-12H2,2-5H3. The number of allylic oxidation sites excluding steroid dienone is 4. The maximum atomic E-state index is 6.27. The summed E-state index contributed by atoms with van der Waals surface area (Å²) in [6.45, 7) is 12.9. The Balaban J connectivity index is 2.25. The third kappa shape index (κ3) is 6.28. The van der Waals surface area contributed by atoms with Gasteiger partial charge in [0.05, 0.1) is 5.76 Å². The zero-order valence-corrected chi connectivity index (χ0v) is 14.2. The average molecular weight is 279 g/mol. The van der Waals surface area contributed by atoms with Gasteiger partial charge >= 0.3 is 0 Å². The fraction of sp³-hybridized carbons (Fsp3) is 0.647. The molecule has 0 spiro atoms. The van der Waals surface area contributed by atoms with Crippen LogP contribution in [0.5, 0.6) is 0 Å². The molecule has 1 aliphatic rings. The molecule has 108 valence electrons. The number of hydrogen-bond donors (Lipinski definition) is 0. The topological polar surface area (TPSA) is 9.23 Å². The largest absolute Gasteiger partial charge is 0.544 e. The van der Waals surface area contributed by atoms with Crippen molar-refractivity contribution in [2.24, 2.45) is 5.92 Å². The van der Waals surface area contributed by atoms with Gasteiger partial charge in [-0.05, 0) is 57.0 Å². The van der Waals surface area contributed by atoms with Crippen LogP contribution in [0, 0.1) is 5.92 Å². The van der Waals surface area contributed by atoms with E-state index in [1.54, 1.807) is 0 Å². The van der Waals surface area contributed by atoms with E-state index >= 15 is 0 Å². The van der Waals surface area contributed by atoms with Gasteiger partial charge in [0.1, 0.15) is 0 Å². The molecule has 0 aliphatic heterocycles. The van der Waals surface area contributed by atoms with Crippen LogP contribution in [0.4, 0.5) is 0 Å². The van der Waals surface area contributed by atoms with Gasteiger partial charge in [0, 0.05) is 0 Å². The molecule has 1 aliphatic carbocycles. The quantitative estimate of drug-likeness (QED) is 0.293. The van der Waals surface area contributed by atoms with Gasteiger partial charge in [0.25, 0.3) is 0 Å². The lowest BCUT2D eigenvalue weighted by molar-refractivity contribution is 0.430. The van der Waals surface area contributed by atoms with E-state index in [1.807, 2.05) is 6.08 Å². The van der Waals surface area contributed by atoms with E-state index in [9.17, 15) is 0 Å². The molecule has 1 rings (SSSR count). The molecule has 2 heteroatoms. The predicted octanol–water partition coefficient (Wildman–Crippen LogP) is 5.82. The zero-order valence-electron chi connectivity index (χ0n) is 13.2. The molecule has 19 heavy (non-hydrogen) atoms. The molecule has 1 nitrogen and oxygen atoms in total. The second-order valence-corrected chi connectivity index (χ2v) is 10.6. The lowest BCUT2D eigenvalue weighted by Crippen LogP contribution is -2.29. The summed E-state index contributed by atoms with van der Waals surface area (Å²) < 4.78 is 6.27. The monoisotopic (exact) mass is 278 g/mol. The smallest absolute Gasteiger partial charge is 0.245 e. The number of unbranched alkanes of at least 4 members (excludes halogenated alkanes) is 4. The van der Waals surface area contributed by atoms with E-state index in [-0.39, 0.29) is 0 Å². The molecule has 0 amide bonds. The summed E-state index contributed by atoms with van der Waals surface area (Å²) in [7, 11) is -1.53. The van der Waals surface area contributed by atoms with Gasteiger partial charge in [0.2, 0.25) is 8.32 Å². The second kappa shape index (κ2) is 7.74. The molecule has 0 saturated carbocycles. The molecule has 0 N–H and O–H groups in total. The van der Waals surface area contributed by atoms with Crippen LogP contribution in [0.25, 0.3) is 0 Å². The van der Waals surface area contributed by atoms with E-state index in [1.165, 1.54) is 37.3 Å². The molecular formula is C17H30OSi. The van der Waals surface area contributed by atoms with Gasteiger partial charge in [-0.2, -0.15) is 0 Å². The fourth-order valence-electron chi connectivity index (χ4n) is 2.41. The summed E-state index contributed by atoms with van der Waals surface area (Å²) in [5, 5.41) is 0. The Morgan fingerprint density at radius 3 is 2.53 bits per heavy atom. The molecule has 0 aromatic heterocycles. The van der Waals surface area contributed by atoms with Crippen molar-refractivity contribution in [3.8, 4) is 0 Å². The number of rotatable bonds is 9. The van der Waals surface area contributed by atoms with Crippen LogP contribution < -0.4 is 0 Å². The van der Waals surface area contributed by atoms with Crippen molar-refractivity contribution in [1.82, 2.24) is 0 Å². The van der Waals surface area contributed by atoms with E-state index in [0.29, 0.717) is 5.92 Å². The van der Waals surface area contributed by atoms with Gasteiger partial charge in [-0.15, -0.1) is 6.58 Å². The lowest BCUT2D eigenvalue weighted by Gasteiger charge is -2.24. The van der Waals surface area contributed by atoms with Crippen LogP contribution in [-0.4, -0.2) is 8.32 Å². The van der Waals surface area contributed by atoms with E-state index in [2.05, 4.69) is 45.7 Å². The Kier molecular flexibility index (Phi) is 6.63. The first kappa shape index (κ1) is 16.3. The molecule has 0 fully saturated rings. The summed E-state index contributed by atoms with van der Waals surface area (Å²) in [5.41, 5.74) is 1.42. The highest BCUT2D eigenvalue weighted by molar-refractivity contribution is 6.71. The average Bonchev–Trinajstić information content (AvgIpc) is 2.62. The van der Waals surface area contributed by atoms with E-state index < -0.39 is 8.32 Å². The zero-order chi connectivity index (χ0) is 14.3. The van der Waals surface area contributed by atoms with Crippen molar-refractivity contribution in [2.75, 3.05) is 0 Å². The Bertz CT molecular complexity index is 352. The molecule has 0 bridgehead atoms. The van der Waals surface area contributed by atoms with Crippen LogP contribution in [0.3, 0.4) is 0 Å². The normalized spacial score (nSPS) is 19.1. The molecule has 0 heterocycles. The lowest BCUT2D eigenvalue weighted by atomic mass is 10.1.